The summed E-state index contributed by atoms with van der Waals surface area (Å²) >= 11 is 0. The van der Waals surface area contributed by atoms with E-state index in [1.54, 1.807) is 7.11 Å². The minimum absolute atomic E-state index is 0. The molecule has 1 aromatic rings. The van der Waals surface area contributed by atoms with Crippen LogP contribution in [0, 0.1) is 5.92 Å². The maximum Gasteiger partial charge on any atom is 0.161 e. The second-order valence-corrected chi connectivity index (χ2v) is 4.56. The number of methoxy groups -OCH3 is 1. The molecule has 4 heteroatoms. The monoisotopic (exact) mass is 271 g/mol. The first-order chi connectivity index (χ1) is 8.26. The molecule has 0 heterocycles. The van der Waals surface area contributed by atoms with E-state index in [-0.39, 0.29) is 18.4 Å². The third kappa shape index (κ3) is 3.09. The highest BCUT2D eigenvalue weighted by molar-refractivity contribution is 5.85. The molecule has 1 atom stereocenters. The van der Waals surface area contributed by atoms with Gasteiger partial charge in [0.1, 0.15) is 0 Å². The molecule has 1 fully saturated rings. The zero-order chi connectivity index (χ0) is 12.3. The van der Waals surface area contributed by atoms with Gasteiger partial charge in [-0.1, -0.05) is 12.5 Å². The predicted molar refractivity (Wildman–Crippen MR) is 75.7 cm³/mol. The molecule has 3 nitrogen and oxygen atoms in total. The molecule has 1 saturated carbocycles. The first-order valence-electron chi connectivity index (χ1n) is 6.32. The largest absolute Gasteiger partial charge is 0.493 e. The van der Waals surface area contributed by atoms with Crippen LogP contribution in [-0.4, -0.2) is 13.7 Å². The van der Waals surface area contributed by atoms with Crippen LogP contribution in [0.1, 0.15) is 37.8 Å². The van der Waals surface area contributed by atoms with Gasteiger partial charge in [0.25, 0.3) is 0 Å². The van der Waals surface area contributed by atoms with Crippen LogP contribution < -0.4 is 15.2 Å². The number of rotatable bonds is 5. The molecular weight excluding hydrogens is 250 g/mol. The SMILES string of the molecule is CCOc1ccc([C@@H](N)C2CCC2)cc1OC.Cl. The van der Waals surface area contributed by atoms with Crippen LogP contribution in [0.3, 0.4) is 0 Å². The predicted octanol–water partition coefficient (Wildman–Crippen LogP) is 3.32. The van der Waals surface area contributed by atoms with Crippen molar-refractivity contribution in [3.63, 3.8) is 0 Å². The van der Waals surface area contributed by atoms with Crippen molar-refractivity contribution in [1.82, 2.24) is 0 Å². The van der Waals surface area contributed by atoms with Gasteiger partial charge >= 0.3 is 0 Å². The van der Waals surface area contributed by atoms with Crippen molar-refractivity contribution in [3.05, 3.63) is 23.8 Å². The second-order valence-electron chi connectivity index (χ2n) is 4.56. The van der Waals surface area contributed by atoms with Crippen molar-refractivity contribution in [2.45, 2.75) is 32.2 Å². The van der Waals surface area contributed by atoms with Crippen molar-refractivity contribution in [1.29, 1.82) is 0 Å². The van der Waals surface area contributed by atoms with Crippen LogP contribution in [0.5, 0.6) is 11.5 Å². The fourth-order valence-corrected chi connectivity index (χ4v) is 2.24. The lowest BCUT2D eigenvalue weighted by molar-refractivity contribution is 0.263. The Labute approximate surface area is 115 Å². The second kappa shape index (κ2) is 6.86. The Hall–Kier alpha value is -0.930. The first-order valence-corrected chi connectivity index (χ1v) is 6.32. The minimum Gasteiger partial charge on any atom is -0.493 e. The average molecular weight is 272 g/mol. The number of nitrogens with two attached hydrogens (primary N) is 1. The quantitative estimate of drug-likeness (QED) is 0.894. The van der Waals surface area contributed by atoms with Crippen LogP contribution in [0.4, 0.5) is 0 Å². The summed E-state index contributed by atoms with van der Waals surface area (Å²) in [4.78, 5) is 0. The molecule has 0 radical (unpaired) electrons. The van der Waals surface area contributed by atoms with Crippen molar-refractivity contribution >= 4 is 12.4 Å². The molecule has 102 valence electrons. The third-order valence-electron chi connectivity index (χ3n) is 3.53. The molecule has 0 aliphatic heterocycles. The van der Waals surface area contributed by atoms with E-state index < -0.39 is 0 Å². The summed E-state index contributed by atoms with van der Waals surface area (Å²) in [6, 6.07) is 6.15. The number of hydrogen-bond donors (Lipinski definition) is 1. The Morgan fingerprint density at radius 1 is 1.33 bits per heavy atom. The fraction of sp³-hybridized carbons (Fsp3) is 0.571. The van der Waals surface area contributed by atoms with Gasteiger partial charge in [0.15, 0.2) is 11.5 Å². The minimum atomic E-state index is 0. The lowest BCUT2D eigenvalue weighted by atomic mass is 9.77. The van der Waals surface area contributed by atoms with E-state index in [1.165, 1.54) is 19.3 Å². The maximum absolute atomic E-state index is 6.25. The van der Waals surface area contributed by atoms with Gasteiger partial charge in [-0.25, -0.2) is 0 Å². The Bertz CT molecular complexity index is 380. The summed E-state index contributed by atoms with van der Waals surface area (Å²) in [6.45, 7) is 2.61. The summed E-state index contributed by atoms with van der Waals surface area (Å²) in [5, 5.41) is 0. The highest BCUT2D eigenvalue weighted by Gasteiger charge is 2.26. The topological polar surface area (TPSA) is 44.5 Å². The Morgan fingerprint density at radius 3 is 2.56 bits per heavy atom. The molecule has 1 aromatic carbocycles. The van der Waals surface area contributed by atoms with Crippen LogP contribution in [0.25, 0.3) is 0 Å². The van der Waals surface area contributed by atoms with Crippen molar-refractivity contribution in [2.75, 3.05) is 13.7 Å². The van der Waals surface area contributed by atoms with Crippen LogP contribution in [-0.2, 0) is 0 Å². The van der Waals surface area contributed by atoms with E-state index in [4.69, 9.17) is 15.2 Å². The molecule has 18 heavy (non-hydrogen) atoms. The molecule has 1 aliphatic carbocycles. The molecule has 0 amide bonds. The highest BCUT2D eigenvalue weighted by Crippen LogP contribution is 2.38. The smallest absolute Gasteiger partial charge is 0.161 e. The summed E-state index contributed by atoms with van der Waals surface area (Å²) in [5.41, 5.74) is 7.40. The van der Waals surface area contributed by atoms with Gasteiger partial charge in [0, 0.05) is 6.04 Å². The average Bonchev–Trinajstić information content (AvgIpc) is 2.27. The molecule has 2 N–H and O–H groups in total. The zero-order valence-corrected chi connectivity index (χ0v) is 11.8. The van der Waals surface area contributed by atoms with E-state index in [2.05, 4.69) is 6.07 Å². The van der Waals surface area contributed by atoms with Crippen LogP contribution >= 0.6 is 12.4 Å². The normalized spacial score (nSPS) is 16.4. The third-order valence-corrected chi connectivity index (χ3v) is 3.53. The van der Waals surface area contributed by atoms with E-state index >= 15 is 0 Å². The van der Waals surface area contributed by atoms with Gasteiger partial charge < -0.3 is 15.2 Å². The van der Waals surface area contributed by atoms with E-state index in [0.717, 1.165) is 17.1 Å². The van der Waals surface area contributed by atoms with Gasteiger partial charge in [-0.15, -0.1) is 12.4 Å². The molecule has 0 bridgehead atoms. The van der Waals surface area contributed by atoms with Crippen molar-refractivity contribution in [3.8, 4) is 11.5 Å². The van der Waals surface area contributed by atoms with Gasteiger partial charge in [-0.2, -0.15) is 0 Å². The summed E-state index contributed by atoms with van der Waals surface area (Å²) < 4.78 is 10.8. The van der Waals surface area contributed by atoms with Gasteiger partial charge in [-0.3, -0.25) is 0 Å². The molecule has 0 aromatic heterocycles. The zero-order valence-electron chi connectivity index (χ0n) is 11.0. The molecule has 0 saturated heterocycles. The molecule has 0 unspecified atom stereocenters. The van der Waals surface area contributed by atoms with E-state index in [1.807, 2.05) is 19.1 Å². The van der Waals surface area contributed by atoms with Gasteiger partial charge in [0.2, 0.25) is 0 Å². The fourth-order valence-electron chi connectivity index (χ4n) is 2.24. The number of hydrogen-bond acceptors (Lipinski definition) is 3. The first kappa shape index (κ1) is 15.1. The summed E-state index contributed by atoms with van der Waals surface area (Å²) in [7, 11) is 1.66. The Morgan fingerprint density at radius 2 is 2.06 bits per heavy atom. The van der Waals surface area contributed by atoms with Gasteiger partial charge in [-0.05, 0) is 43.4 Å². The molecule has 0 spiro atoms. The highest BCUT2D eigenvalue weighted by atomic mass is 35.5. The van der Waals surface area contributed by atoms with Crippen LogP contribution in [0.15, 0.2) is 18.2 Å². The molecule has 1 aliphatic rings. The molecule has 2 rings (SSSR count). The number of benzene rings is 1. The van der Waals surface area contributed by atoms with Crippen molar-refractivity contribution < 1.29 is 9.47 Å². The standard InChI is InChI=1S/C14H21NO2.ClH/c1-3-17-12-8-7-11(9-13(12)16-2)14(15)10-5-4-6-10;/h7-10,14H,3-6,15H2,1-2H3;1H/t14-;/m0./s1. The Kier molecular flexibility index (Phi) is 5.76. The number of ether oxygens (including phenoxy) is 2. The summed E-state index contributed by atoms with van der Waals surface area (Å²) in [6.07, 6.45) is 3.81. The van der Waals surface area contributed by atoms with E-state index in [0.29, 0.717) is 12.5 Å². The lowest BCUT2D eigenvalue weighted by Crippen LogP contribution is -2.26. The Balaban J connectivity index is 0.00000162. The van der Waals surface area contributed by atoms with E-state index in [9.17, 15) is 0 Å². The van der Waals surface area contributed by atoms with Gasteiger partial charge in [0.05, 0.1) is 13.7 Å². The number of halogens is 1. The lowest BCUT2D eigenvalue weighted by Gasteiger charge is -2.31. The van der Waals surface area contributed by atoms with Crippen molar-refractivity contribution in [2.24, 2.45) is 11.7 Å². The maximum atomic E-state index is 6.25. The molecular formula is C14H22ClNO2. The summed E-state index contributed by atoms with van der Waals surface area (Å²) in [5.74, 6) is 2.20. The van der Waals surface area contributed by atoms with Crippen LogP contribution in [0.2, 0.25) is 0 Å².